The van der Waals surface area contributed by atoms with Crippen LogP contribution in [0.15, 0.2) is 66.4 Å². The lowest BCUT2D eigenvalue weighted by Gasteiger charge is -2.18. The van der Waals surface area contributed by atoms with Crippen LogP contribution in [-0.2, 0) is 9.59 Å². The number of carbonyl (C=O) groups excluding carboxylic acids is 2. The predicted octanol–water partition coefficient (Wildman–Crippen LogP) is 5.33. The fourth-order valence-electron chi connectivity index (χ4n) is 3.94. The smallest absolute Gasteiger partial charge is 0.282 e. The molecule has 1 N–H and O–H groups in total. The minimum absolute atomic E-state index is 0.271. The van der Waals surface area contributed by atoms with Crippen LogP contribution in [0.1, 0.15) is 27.8 Å². The van der Waals surface area contributed by atoms with Crippen molar-refractivity contribution in [2.24, 2.45) is 0 Å². The van der Waals surface area contributed by atoms with Gasteiger partial charge in [-0.2, -0.15) is 0 Å². The Bertz CT molecular complexity index is 1260. The van der Waals surface area contributed by atoms with E-state index in [4.69, 9.17) is 4.74 Å². The number of nitrogens with zero attached hydrogens (tertiary/aromatic N) is 1. The molecule has 1 aliphatic heterocycles. The van der Waals surface area contributed by atoms with Crippen LogP contribution in [-0.4, -0.2) is 18.9 Å². The van der Waals surface area contributed by atoms with Gasteiger partial charge in [0.15, 0.2) is 0 Å². The topological polar surface area (TPSA) is 58.6 Å². The van der Waals surface area contributed by atoms with Gasteiger partial charge in [0.05, 0.1) is 18.4 Å². The van der Waals surface area contributed by atoms with Gasteiger partial charge in [-0.25, -0.2) is 4.90 Å². The zero-order valence-electron chi connectivity index (χ0n) is 18.9. The van der Waals surface area contributed by atoms with Crippen LogP contribution in [0.4, 0.5) is 11.4 Å². The second-order valence-electron chi connectivity index (χ2n) is 8.16. The number of methoxy groups -OCH3 is 1. The van der Waals surface area contributed by atoms with Crippen molar-refractivity contribution in [3.63, 3.8) is 0 Å². The SMILES string of the molecule is COc1ccc(C2=C(Nc3ccc(C)cc3C)C(=O)N(c3cc(C)ccc3C)C2=O)cc1. The molecule has 32 heavy (non-hydrogen) atoms. The van der Waals surface area contributed by atoms with Gasteiger partial charge in [0.2, 0.25) is 0 Å². The summed E-state index contributed by atoms with van der Waals surface area (Å²) in [5, 5.41) is 3.26. The van der Waals surface area contributed by atoms with Crippen LogP contribution in [0.5, 0.6) is 5.75 Å². The lowest BCUT2D eigenvalue weighted by molar-refractivity contribution is -0.120. The summed E-state index contributed by atoms with van der Waals surface area (Å²) in [6.07, 6.45) is 0. The third-order valence-corrected chi connectivity index (χ3v) is 5.71. The van der Waals surface area contributed by atoms with Crippen molar-refractivity contribution in [1.29, 1.82) is 0 Å². The van der Waals surface area contributed by atoms with Gasteiger partial charge >= 0.3 is 0 Å². The first-order valence-electron chi connectivity index (χ1n) is 10.5. The molecule has 1 aliphatic rings. The first kappa shape index (κ1) is 21.4. The first-order chi connectivity index (χ1) is 15.3. The van der Waals surface area contributed by atoms with E-state index >= 15 is 0 Å². The number of ether oxygens (including phenoxy) is 1. The van der Waals surface area contributed by atoms with E-state index in [0.717, 1.165) is 27.9 Å². The maximum absolute atomic E-state index is 13.7. The normalized spacial score (nSPS) is 13.7. The average Bonchev–Trinajstić information content (AvgIpc) is 3.01. The number of carbonyl (C=O) groups is 2. The minimum Gasteiger partial charge on any atom is -0.497 e. The molecule has 162 valence electrons. The number of hydrogen-bond acceptors (Lipinski definition) is 4. The van der Waals surface area contributed by atoms with Crippen molar-refractivity contribution in [2.45, 2.75) is 27.7 Å². The number of nitrogens with one attached hydrogen (secondary N) is 1. The fourth-order valence-corrected chi connectivity index (χ4v) is 3.94. The van der Waals surface area contributed by atoms with Gasteiger partial charge < -0.3 is 10.1 Å². The largest absolute Gasteiger partial charge is 0.497 e. The Morgan fingerprint density at radius 1 is 0.750 bits per heavy atom. The highest BCUT2D eigenvalue weighted by atomic mass is 16.5. The second kappa shape index (κ2) is 8.35. The lowest BCUT2D eigenvalue weighted by atomic mass is 10.0. The standard InChI is InChI=1S/C27H26N2O3/c1-16-7-13-22(19(4)14-16)28-25-24(20-9-11-21(32-5)12-10-20)26(30)29(27(25)31)23-15-17(2)6-8-18(23)3/h6-15,28H,1-5H3. The number of imide groups is 1. The highest BCUT2D eigenvalue weighted by Gasteiger charge is 2.41. The van der Waals surface area contributed by atoms with Crippen molar-refractivity contribution < 1.29 is 14.3 Å². The molecule has 5 nitrogen and oxygen atoms in total. The Kier molecular flexibility index (Phi) is 5.57. The molecule has 0 radical (unpaired) electrons. The van der Waals surface area contributed by atoms with Crippen molar-refractivity contribution in [1.82, 2.24) is 0 Å². The van der Waals surface area contributed by atoms with Crippen LogP contribution in [0.25, 0.3) is 5.57 Å². The van der Waals surface area contributed by atoms with E-state index in [1.807, 2.05) is 64.1 Å². The first-order valence-corrected chi connectivity index (χ1v) is 10.5. The number of rotatable bonds is 5. The molecule has 0 saturated heterocycles. The van der Waals surface area contributed by atoms with Gasteiger partial charge in [-0.1, -0.05) is 42.0 Å². The van der Waals surface area contributed by atoms with Crippen molar-refractivity contribution in [3.05, 3.63) is 94.2 Å². The molecule has 4 rings (SSSR count). The van der Waals surface area contributed by atoms with Crippen LogP contribution in [0, 0.1) is 27.7 Å². The van der Waals surface area contributed by atoms with E-state index in [2.05, 4.69) is 5.32 Å². The lowest BCUT2D eigenvalue weighted by Crippen LogP contribution is -2.33. The number of benzene rings is 3. The van der Waals surface area contributed by atoms with Crippen LogP contribution in [0.3, 0.4) is 0 Å². The van der Waals surface area contributed by atoms with E-state index in [1.54, 1.807) is 31.4 Å². The molecule has 5 heteroatoms. The van der Waals surface area contributed by atoms with E-state index in [0.29, 0.717) is 22.6 Å². The molecule has 0 aliphatic carbocycles. The third kappa shape index (κ3) is 3.78. The molecule has 0 fully saturated rings. The summed E-state index contributed by atoms with van der Waals surface area (Å²) >= 11 is 0. The maximum atomic E-state index is 13.7. The molecule has 2 amide bonds. The quantitative estimate of drug-likeness (QED) is 0.561. The maximum Gasteiger partial charge on any atom is 0.282 e. The van der Waals surface area contributed by atoms with Gasteiger partial charge in [-0.15, -0.1) is 0 Å². The van der Waals surface area contributed by atoms with Gasteiger partial charge in [-0.05, 0) is 74.2 Å². The molecule has 3 aromatic rings. The molecular weight excluding hydrogens is 400 g/mol. The average molecular weight is 427 g/mol. The summed E-state index contributed by atoms with van der Waals surface area (Å²) in [6.45, 7) is 7.84. The Morgan fingerprint density at radius 2 is 1.41 bits per heavy atom. The van der Waals surface area contributed by atoms with Crippen molar-refractivity contribution >= 4 is 28.8 Å². The summed E-state index contributed by atoms with van der Waals surface area (Å²) in [6, 6.07) is 18.9. The molecule has 3 aromatic carbocycles. The summed E-state index contributed by atoms with van der Waals surface area (Å²) in [5.41, 5.74) is 6.63. The minimum atomic E-state index is -0.366. The third-order valence-electron chi connectivity index (χ3n) is 5.71. The molecule has 0 saturated carbocycles. The second-order valence-corrected chi connectivity index (χ2v) is 8.16. The molecule has 0 aromatic heterocycles. The summed E-state index contributed by atoms with van der Waals surface area (Å²) in [4.78, 5) is 28.6. The van der Waals surface area contributed by atoms with Gasteiger partial charge in [0, 0.05) is 5.69 Å². The van der Waals surface area contributed by atoms with E-state index < -0.39 is 0 Å². The zero-order valence-corrected chi connectivity index (χ0v) is 18.9. The number of aryl methyl sites for hydroxylation is 4. The number of anilines is 2. The monoisotopic (exact) mass is 426 g/mol. The highest BCUT2D eigenvalue weighted by Crippen LogP contribution is 2.36. The highest BCUT2D eigenvalue weighted by molar-refractivity contribution is 6.46. The van der Waals surface area contributed by atoms with Crippen LogP contribution < -0.4 is 15.0 Å². The zero-order chi connectivity index (χ0) is 23.0. The van der Waals surface area contributed by atoms with Gasteiger partial charge in [-0.3, -0.25) is 9.59 Å². The molecule has 0 spiro atoms. The van der Waals surface area contributed by atoms with E-state index in [-0.39, 0.29) is 17.5 Å². The number of hydrogen-bond donors (Lipinski definition) is 1. The Hall–Kier alpha value is -3.86. The van der Waals surface area contributed by atoms with Gasteiger partial charge in [0.1, 0.15) is 11.4 Å². The summed E-state index contributed by atoms with van der Waals surface area (Å²) < 4.78 is 5.25. The fraction of sp³-hybridized carbons (Fsp3) is 0.185. The Morgan fingerprint density at radius 3 is 2.06 bits per heavy atom. The molecule has 1 heterocycles. The molecule has 0 unspecified atom stereocenters. The number of amides is 2. The molecule has 0 atom stereocenters. The van der Waals surface area contributed by atoms with E-state index in [1.165, 1.54) is 4.90 Å². The Balaban J connectivity index is 1.86. The molecular formula is C27H26N2O3. The van der Waals surface area contributed by atoms with Crippen LogP contribution in [0.2, 0.25) is 0 Å². The summed E-state index contributed by atoms with van der Waals surface area (Å²) in [7, 11) is 1.59. The van der Waals surface area contributed by atoms with Gasteiger partial charge in [0.25, 0.3) is 11.8 Å². The van der Waals surface area contributed by atoms with Crippen molar-refractivity contribution in [3.8, 4) is 5.75 Å². The van der Waals surface area contributed by atoms with E-state index in [9.17, 15) is 9.59 Å². The molecule has 0 bridgehead atoms. The van der Waals surface area contributed by atoms with Crippen molar-refractivity contribution in [2.75, 3.05) is 17.3 Å². The summed E-state index contributed by atoms with van der Waals surface area (Å²) in [5.74, 6) is -0.0305. The van der Waals surface area contributed by atoms with Crippen LogP contribution >= 0.6 is 0 Å². The Labute approximate surface area is 188 Å². The predicted molar refractivity (Wildman–Crippen MR) is 128 cm³/mol.